The quantitative estimate of drug-likeness (QED) is 0.794. The molecular weight excluding hydrogens is 318 g/mol. The van der Waals surface area contributed by atoms with Gasteiger partial charge in [-0.15, -0.1) is 0 Å². The summed E-state index contributed by atoms with van der Waals surface area (Å²) in [7, 11) is 1.60. The lowest BCUT2D eigenvalue weighted by atomic mass is 10.0. The number of ether oxygens (including phenoxy) is 1. The highest BCUT2D eigenvalue weighted by Gasteiger charge is 2.12. The number of aromatic amines is 1. The molecule has 0 aliphatic rings. The van der Waals surface area contributed by atoms with Crippen LogP contribution in [0.15, 0.2) is 58.1 Å². The summed E-state index contributed by atoms with van der Waals surface area (Å²) in [6.45, 7) is 3.80. The molecule has 0 fully saturated rings. The van der Waals surface area contributed by atoms with E-state index in [-0.39, 0.29) is 17.2 Å². The third-order valence-electron chi connectivity index (χ3n) is 3.89. The molecule has 3 aromatic rings. The highest BCUT2D eigenvalue weighted by molar-refractivity contribution is 5.78. The van der Waals surface area contributed by atoms with Crippen molar-refractivity contribution in [1.29, 1.82) is 0 Å². The average Bonchev–Trinajstić information content (AvgIpc) is 2.62. The number of methoxy groups -OCH3 is 1. The van der Waals surface area contributed by atoms with Gasteiger partial charge in [-0.05, 0) is 55.8 Å². The second-order valence-corrected chi connectivity index (χ2v) is 5.93. The average molecular weight is 337 g/mol. The van der Waals surface area contributed by atoms with Gasteiger partial charge in [-0.25, -0.2) is 4.68 Å². The van der Waals surface area contributed by atoms with Gasteiger partial charge >= 0.3 is 0 Å². The van der Waals surface area contributed by atoms with Gasteiger partial charge in [-0.1, -0.05) is 0 Å². The van der Waals surface area contributed by atoms with Gasteiger partial charge in [-0.3, -0.25) is 9.59 Å². The van der Waals surface area contributed by atoms with E-state index < -0.39 is 0 Å². The third-order valence-corrected chi connectivity index (χ3v) is 3.89. The van der Waals surface area contributed by atoms with Crippen molar-refractivity contribution in [3.05, 3.63) is 69.2 Å². The Balaban J connectivity index is 2.19. The van der Waals surface area contributed by atoms with Crippen molar-refractivity contribution in [1.82, 2.24) is 14.8 Å². The molecule has 25 heavy (non-hydrogen) atoms. The molecule has 6 nitrogen and oxygen atoms in total. The lowest BCUT2D eigenvalue weighted by Gasteiger charge is -2.13. The maximum Gasteiger partial charge on any atom is 0.267 e. The molecule has 0 spiro atoms. The van der Waals surface area contributed by atoms with Gasteiger partial charge in [0.2, 0.25) is 5.56 Å². The zero-order chi connectivity index (χ0) is 18.0. The second kappa shape index (κ2) is 6.76. The third kappa shape index (κ3) is 3.38. The van der Waals surface area contributed by atoms with Gasteiger partial charge in [0.1, 0.15) is 5.75 Å². The number of hydrogen-bond acceptors (Lipinski definition) is 4. The summed E-state index contributed by atoms with van der Waals surface area (Å²) in [5.41, 5.74) is 2.49. The van der Waals surface area contributed by atoms with Crippen molar-refractivity contribution < 1.29 is 4.74 Å². The first-order valence-electron chi connectivity index (χ1n) is 7.97. The van der Waals surface area contributed by atoms with E-state index >= 15 is 0 Å². The molecule has 1 N–H and O–H groups in total. The standard InChI is InChI=1S/C19H19N3O3/c1-12(2)22-18(24)11-9-16(21-22)15-8-10-17(23)20-19(15)13-4-6-14(25-3)7-5-13/h4-12H,1-3H3,(H,20,23). The van der Waals surface area contributed by atoms with E-state index in [4.69, 9.17) is 4.74 Å². The number of aromatic nitrogens is 3. The molecule has 2 aromatic heterocycles. The largest absolute Gasteiger partial charge is 0.497 e. The van der Waals surface area contributed by atoms with Crippen molar-refractivity contribution in [2.24, 2.45) is 0 Å². The predicted octanol–water partition coefficient (Wildman–Crippen LogP) is 2.86. The number of nitrogens with one attached hydrogen (secondary N) is 1. The van der Waals surface area contributed by atoms with Crippen molar-refractivity contribution in [3.8, 4) is 28.3 Å². The van der Waals surface area contributed by atoms with Crippen LogP contribution in [0.3, 0.4) is 0 Å². The van der Waals surface area contributed by atoms with E-state index in [0.717, 1.165) is 16.9 Å². The Morgan fingerprint density at radius 2 is 1.72 bits per heavy atom. The monoisotopic (exact) mass is 337 g/mol. The normalized spacial score (nSPS) is 10.9. The van der Waals surface area contributed by atoms with E-state index in [1.165, 1.54) is 16.8 Å². The molecule has 0 amide bonds. The molecule has 0 saturated heterocycles. The van der Waals surface area contributed by atoms with Gasteiger partial charge in [0, 0.05) is 17.7 Å². The Kier molecular flexibility index (Phi) is 4.52. The fourth-order valence-electron chi connectivity index (χ4n) is 2.61. The minimum Gasteiger partial charge on any atom is -0.497 e. The fourth-order valence-corrected chi connectivity index (χ4v) is 2.61. The first-order valence-corrected chi connectivity index (χ1v) is 7.97. The minimum absolute atomic E-state index is 0.0559. The summed E-state index contributed by atoms with van der Waals surface area (Å²) in [5, 5.41) is 4.45. The maximum atomic E-state index is 12.0. The zero-order valence-corrected chi connectivity index (χ0v) is 14.3. The van der Waals surface area contributed by atoms with Crippen LogP contribution in [0, 0.1) is 0 Å². The molecule has 3 rings (SSSR count). The molecule has 0 radical (unpaired) electrons. The molecule has 0 bridgehead atoms. The number of H-pyrrole nitrogens is 1. The van der Waals surface area contributed by atoms with E-state index in [2.05, 4.69) is 10.1 Å². The molecule has 6 heteroatoms. The smallest absolute Gasteiger partial charge is 0.267 e. The van der Waals surface area contributed by atoms with Crippen LogP contribution >= 0.6 is 0 Å². The van der Waals surface area contributed by atoms with Crippen molar-refractivity contribution in [3.63, 3.8) is 0 Å². The van der Waals surface area contributed by atoms with Crippen molar-refractivity contribution in [2.75, 3.05) is 7.11 Å². The molecule has 0 atom stereocenters. The Bertz CT molecular complexity index is 1000. The van der Waals surface area contributed by atoms with Crippen molar-refractivity contribution >= 4 is 0 Å². The van der Waals surface area contributed by atoms with Gasteiger partial charge in [0.05, 0.1) is 24.5 Å². The predicted molar refractivity (Wildman–Crippen MR) is 96.9 cm³/mol. The Morgan fingerprint density at radius 1 is 1.00 bits per heavy atom. The first kappa shape index (κ1) is 16.7. The summed E-state index contributed by atoms with van der Waals surface area (Å²) in [5.74, 6) is 0.732. The Hall–Kier alpha value is -3.15. The summed E-state index contributed by atoms with van der Waals surface area (Å²) in [6.07, 6.45) is 0. The topological polar surface area (TPSA) is 77.0 Å². The highest BCUT2D eigenvalue weighted by Crippen LogP contribution is 2.29. The number of rotatable bonds is 4. The number of hydrogen-bond donors (Lipinski definition) is 1. The van der Waals surface area contributed by atoms with E-state index in [1.807, 2.05) is 38.1 Å². The Labute approximate surface area is 144 Å². The van der Waals surface area contributed by atoms with Crippen LogP contribution in [0.1, 0.15) is 19.9 Å². The molecule has 128 valence electrons. The summed E-state index contributed by atoms with van der Waals surface area (Å²) in [4.78, 5) is 26.7. The molecule has 0 saturated carbocycles. The molecule has 0 unspecified atom stereocenters. The van der Waals surface area contributed by atoms with E-state index in [9.17, 15) is 9.59 Å². The van der Waals surface area contributed by atoms with Crippen LogP contribution in [0.4, 0.5) is 0 Å². The number of benzene rings is 1. The molecule has 0 aliphatic heterocycles. The van der Waals surface area contributed by atoms with Crippen LogP contribution in [0.5, 0.6) is 5.75 Å². The van der Waals surface area contributed by atoms with Gasteiger partial charge in [0.15, 0.2) is 0 Å². The maximum absolute atomic E-state index is 12.0. The molecule has 1 aromatic carbocycles. The van der Waals surface area contributed by atoms with Gasteiger partial charge < -0.3 is 9.72 Å². The van der Waals surface area contributed by atoms with Crippen LogP contribution in [0.25, 0.3) is 22.5 Å². The zero-order valence-electron chi connectivity index (χ0n) is 14.3. The SMILES string of the molecule is COc1ccc(-c2[nH]c(=O)ccc2-c2ccc(=O)n(C(C)C)n2)cc1. The van der Waals surface area contributed by atoms with Crippen molar-refractivity contribution in [2.45, 2.75) is 19.9 Å². The first-order chi connectivity index (χ1) is 12.0. The number of nitrogens with zero attached hydrogens (tertiary/aromatic N) is 2. The van der Waals surface area contributed by atoms with Gasteiger partial charge in [0.25, 0.3) is 5.56 Å². The lowest BCUT2D eigenvalue weighted by Crippen LogP contribution is -2.24. The summed E-state index contributed by atoms with van der Waals surface area (Å²) < 4.78 is 6.61. The van der Waals surface area contributed by atoms with Crippen LogP contribution in [-0.4, -0.2) is 21.9 Å². The molecule has 2 heterocycles. The van der Waals surface area contributed by atoms with Crippen LogP contribution < -0.4 is 15.9 Å². The Morgan fingerprint density at radius 3 is 2.36 bits per heavy atom. The van der Waals surface area contributed by atoms with Crippen LogP contribution in [-0.2, 0) is 0 Å². The van der Waals surface area contributed by atoms with E-state index in [0.29, 0.717) is 11.4 Å². The van der Waals surface area contributed by atoms with Gasteiger partial charge in [-0.2, -0.15) is 5.10 Å². The lowest BCUT2D eigenvalue weighted by molar-refractivity contribution is 0.415. The summed E-state index contributed by atoms with van der Waals surface area (Å²) >= 11 is 0. The fraction of sp³-hybridized carbons (Fsp3) is 0.211. The highest BCUT2D eigenvalue weighted by atomic mass is 16.5. The number of pyridine rings is 1. The molecular formula is C19H19N3O3. The van der Waals surface area contributed by atoms with E-state index in [1.54, 1.807) is 19.2 Å². The van der Waals surface area contributed by atoms with Crippen LogP contribution in [0.2, 0.25) is 0 Å². The minimum atomic E-state index is -0.202. The second-order valence-electron chi connectivity index (χ2n) is 5.93. The summed E-state index contributed by atoms with van der Waals surface area (Å²) in [6, 6.07) is 13.7. The molecule has 0 aliphatic carbocycles.